The summed E-state index contributed by atoms with van der Waals surface area (Å²) in [5.41, 5.74) is 5.42. The fourth-order valence-electron chi connectivity index (χ4n) is 1.63. The Hall–Kier alpha value is -2.50. The molecule has 1 aromatic heterocycles. The average molecular weight is 365 g/mol. The summed E-state index contributed by atoms with van der Waals surface area (Å²) in [7, 11) is 0. The first kappa shape index (κ1) is 17.8. The number of hydrogen-bond donors (Lipinski definition) is 1. The van der Waals surface area contributed by atoms with Crippen LogP contribution in [0, 0.1) is 17.2 Å². The molecule has 124 valence electrons. The van der Waals surface area contributed by atoms with E-state index in [0.717, 1.165) is 11.8 Å². The van der Waals surface area contributed by atoms with E-state index in [4.69, 9.17) is 31.8 Å². The van der Waals surface area contributed by atoms with Gasteiger partial charge in [-0.1, -0.05) is 42.1 Å². The largest absolute Gasteiger partial charge is 0.482 e. The number of carbonyl (C=O) groups is 1. The van der Waals surface area contributed by atoms with Gasteiger partial charge in [0, 0.05) is 5.70 Å². The fourth-order valence-corrected chi connectivity index (χ4v) is 2.51. The summed E-state index contributed by atoms with van der Waals surface area (Å²) in [4.78, 5) is 11.8. The first-order valence-corrected chi connectivity index (χ1v) is 8.06. The Labute approximate surface area is 147 Å². The van der Waals surface area contributed by atoms with Crippen molar-refractivity contribution in [2.24, 2.45) is 11.7 Å². The molecule has 2 rings (SSSR count). The second-order valence-corrected chi connectivity index (χ2v) is 5.91. The molecule has 0 aliphatic rings. The third-order valence-corrected chi connectivity index (χ3v) is 3.95. The summed E-state index contributed by atoms with van der Waals surface area (Å²) in [5, 5.41) is 17.2. The molecule has 0 saturated heterocycles. The van der Waals surface area contributed by atoms with E-state index in [-0.39, 0.29) is 35.0 Å². The third kappa shape index (κ3) is 4.75. The van der Waals surface area contributed by atoms with Crippen LogP contribution >= 0.6 is 23.4 Å². The number of ether oxygens (including phenoxy) is 1. The quantitative estimate of drug-likeness (QED) is 0.710. The van der Waals surface area contributed by atoms with Crippen molar-refractivity contribution < 1.29 is 13.9 Å². The van der Waals surface area contributed by atoms with E-state index in [0.29, 0.717) is 10.8 Å². The normalized spacial score (nSPS) is 11.5. The van der Waals surface area contributed by atoms with E-state index in [1.807, 2.05) is 0 Å². The Bertz CT molecular complexity index is 787. The number of para-hydroxylation sites is 1. The van der Waals surface area contributed by atoms with Crippen LogP contribution in [0.15, 0.2) is 46.2 Å². The SMILES string of the molecule is C=C(N)[C@H](C#N)C(=O)CSc1nnc(COc2ccccc2Cl)o1. The summed E-state index contributed by atoms with van der Waals surface area (Å²) < 4.78 is 10.8. The number of allylic oxidation sites excluding steroid dienone is 1. The molecule has 7 nitrogen and oxygen atoms in total. The number of nitrogens with zero attached hydrogens (tertiary/aromatic N) is 3. The Morgan fingerprint density at radius 2 is 2.25 bits per heavy atom. The van der Waals surface area contributed by atoms with Gasteiger partial charge in [-0.3, -0.25) is 4.79 Å². The summed E-state index contributed by atoms with van der Waals surface area (Å²) in [6, 6.07) is 8.80. The number of hydrogen-bond acceptors (Lipinski definition) is 8. The molecule has 0 bridgehead atoms. The van der Waals surface area contributed by atoms with Crippen LogP contribution in [0.5, 0.6) is 5.75 Å². The Balaban J connectivity index is 1.87. The van der Waals surface area contributed by atoms with Crippen LogP contribution in [0.2, 0.25) is 5.02 Å². The van der Waals surface area contributed by atoms with Gasteiger partial charge < -0.3 is 14.9 Å². The smallest absolute Gasteiger partial charge is 0.277 e. The highest BCUT2D eigenvalue weighted by Gasteiger charge is 2.20. The predicted octanol–water partition coefficient (Wildman–Crippen LogP) is 2.58. The topological polar surface area (TPSA) is 115 Å². The lowest BCUT2D eigenvalue weighted by molar-refractivity contribution is -0.117. The van der Waals surface area contributed by atoms with E-state index in [2.05, 4.69) is 16.8 Å². The Morgan fingerprint density at radius 1 is 1.50 bits per heavy atom. The number of carbonyl (C=O) groups excluding carboxylic acids is 1. The summed E-state index contributed by atoms with van der Waals surface area (Å²) in [5.74, 6) is -0.697. The number of nitriles is 1. The fraction of sp³-hybridized carbons (Fsp3) is 0.200. The number of Topliss-reactive ketones (excluding diaryl/α,β-unsaturated/α-hetero) is 1. The van der Waals surface area contributed by atoms with Crippen molar-refractivity contribution in [3.05, 3.63) is 47.5 Å². The Kier molecular flexibility index (Phi) is 6.23. The van der Waals surface area contributed by atoms with Crippen molar-refractivity contribution in [3.8, 4) is 11.8 Å². The number of aromatic nitrogens is 2. The van der Waals surface area contributed by atoms with Crippen LogP contribution < -0.4 is 10.5 Å². The van der Waals surface area contributed by atoms with E-state index < -0.39 is 5.92 Å². The lowest BCUT2D eigenvalue weighted by Crippen LogP contribution is -2.21. The van der Waals surface area contributed by atoms with Gasteiger partial charge >= 0.3 is 0 Å². The van der Waals surface area contributed by atoms with Crippen molar-refractivity contribution in [2.75, 3.05) is 5.75 Å². The minimum atomic E-state index is -1.04. The number of rotatable bonds is 8. The van der Waals surface area contributed by atoms with Crippen LogP contribution in [-0.4, -0.2) is 21.7 Å². The van der Waals surface area contributed by atoms with Crippen molar-refractivity contribution >= 4 is 29.1 Å². The van der Waals surface area contributed by atoms with Gasteiger partial charge in [-0.25, -0.2) is 0 Å². The molecule has 0 aliphatic carbocycles. The van der Waals surface area contributed by atoms with Crippen molar-refractivity contribution in [1.29, 1.82) is 5.26 Å². The summed E-state index contributed by atoms with van der Waals surface area (Å²) in [6.45, 7) is 3.46. The van der Waals surface area contributed by atoms with Crippen LogP contribution in [0.4, 0.5) is 0 Å². The zero-order chi connectivity index (χ0) is 17.5. The highest BCUT2D eigenvalue weighted by atomic mass is 35.5. The van der Waals surface area contributed by atoms with Gasteiger partial charge in [0.2, 0.25) is 0 Å². The molecule has 24 heavy (non-hydrogen) atoms. The molecule has 0 spiro atoms. The molecule has 0 amide bonds. The molecule has 2 aromatic rings. The number of halogens is 1. The standard InChI is InChI=1S/C15H13ClN4O3S/c1-9(18)10(6-17)12(21)8-24-15-20-19-14(23-15)7-22-13-5-3-2-4-11(13)16/h2-5,10H,1,7-8,18H2/t10-/m0/s1. The molecule has 1 heterocycles. The zero-order valence-corrected chi connectivity index (χ0v) is 14.0. The minimum absolute atomic E-state index is 0.0162. The van der Waals surface area contributed by atoms with E-state index in [1.54, 1.807) is 30.3 Å². The van der Waals surface area contributed by atoms with Gasteiger partial charge in [0.1, 0.15) is 11.7 Å². The number of benzene rings is 1. The summed E-state index contributed by atoms with van der Waals surface area (Å²) >= 11 is 6.99. The molecular weight excluding hydrogens is 352 g/mol. The zero-order valence-electron chi connectivity index (χ0n) is 12.4. The average Bonchev–Trinajstić information content (AvgIpc) is 3.00. The number of thioether (sulfide) groups is 1. The molecule has 0 saturated carbocycles. The highest BCUT2D eigenvalue weighted by Crippen LogP contribution is 2.24. The van der Waals surface area contributed by atoms with Crippen LogP contribution in [0.25, 0.3) is 0 Å². The molecular formula is C15H13ClN4O3S. The highest BCUT2D eigenvalue weighted by molar-refractivity contribution is 7.99. The maximum Gasteiger partial charge on any atom is 0.277 e. The second-order valence-electron chi connectivity index (χ2n) is 4.57. The van der Waals surface area contributed by atoms with E-state index >= 15 is 0 Å². The second kappa shape index (κ2) is 8.38. The molecule has 0 aliphatic heterocycles. The van der Waals surface area contributed by atoms with Gasteiger partial charge in [-0.2, -0.15) is 5.26 Å². The molecule has 0 unspecified atom stereocenters. The Morgan fingerprint density at radius 3 is 2.92 bits per heavy atom. The lowest BCUT2D eigenvalue weighted by atomic mass is 10.1. The number of ketones is 1. The molecule has 9 heteroatoms. The van der Waals surface area contributed by atoms with Crippen molar-refractivity contribution in [2.45, 2.75) is 11.8 Å². The predicted molar refractivity (Wildman–Crippen MR) is 88.2 cm³/mol. The third-order valence-electron chi connectivity index (χ3n) is 2.80. The number of nitrogens with two attached hydrogens (primary N) is 1. The molecule has 1 atom stereocenters. The van der Waals surface area contributed by atoms with Crippen molar-refractivity contribution in [3.63, 3.8) is 0 Å². The first-order valence-electron chi connectivity index (χ1n) is 6.70. The van der Waals surface area contributed by atoms with E-state index in [1.165, 1.54) is 0 Å². The maximum absolute atomic E-state index is 11.8. The van der Waals surface area contributed by atoms with Crippen LogP contribution in [-0.2, 0) is 11.4 Å². The summed E-state index contributed by atoms with van der Waals surface area (Å²) in [6.07, 6.45) is 0. The monoisotopic (exact) mass is 364 g/mol. The van der Waals surface area contributed by atoms with Crippen LogP contribution in [0.3, 0.4) is 0 Å². The first-order chi connectivity index (χ1) is 11.5. The minimum Gasteiger partial charge on any atom is -0.482 e. The van der Waals surface area contributed by atoms with Crippen molar-refractivity contribution in [1.82, 2.24) is 10.2 Å². The van der Waals surface area contributed by atoms with E-state index in [9.17, 15) is 4.79 Å². The lowest BCUT2D eigenvalue weighted by Gasteiger charge is -2.05. The molecule has 1 aromatic carbocycles. The van der Waals surface area contributed by atoms with Gasteiger partial charge in [0.05, 0.1) is 16.8 Å². The molecule has 0 radical (unpaired) electrons. The molecule has 0 fully saturated rings. The molecule has 2 N–H and O–H groups in total. The van der Waals surface area contributed by atoms with Gasteiger partial charge in [0.25, 0.3) is 11.1 Å². The van der Waals surface area contributed by atoms with Crippen LogP contribution in [0.1, 0.15) is 5.89 Å². The van der Waals surface area contributed by atoms with Gasteiger partial charge in [0.15, 0.2) is 12.4 Å². The maximum atomic E-state index is 11.8. The van der Waals surface area contributed by atoms with Gasteiger partial charge in [-0.15, -0.1) is 10.2 Å². The van der Waals surface area contributed by atoms with Gasteiger partial charge in [-0.05, 0) is 12.1 Å².